The van der Waals surface area contributed by atoms with E-state index in [9.17, 15) is 10.0 Å². The second kappa shape index (κ2) is 9.24. The van der Waals surface area contributed by atoms with Crippen LogP contribution in [0.4, 0.5) is 0 Å². The van der Waals surface area contributed by atoms with E-state index in [0.717, 1.165) is 33.1 Å². The zero-order valence-electron chi connectivity index (χ0n) is 22.0. The zero-order valence-corrected chi connectivity index (χ0v) is 22.0. The van der Waals surface area contributed by atoms with Crippen molar-refractivity contribution < 1.29 is 14.5 Å². The maximum Gasteiger partial charge on any atom is 0.489 e. The van der Waals surface area contributed by atoms with E-state index < -0.39 is 7.12 Å². The molecule has 2 N–H and O–H groups in total. The molecule has 0 unspecified atom stereocenters. The molecule has 8 rings (SSSR count). The van der Waals surface area contributed by atoms with E-state index in [-0.39, 0.29) is 0 Å². The first-order valence-electron chi connectivity index (χ1n) is 13.7. The zero-order chi connectivity index (χ0) is 27.5. The van der Waals surface area contributed by atoms with Crippen molar-refractivity contribution in [3.8, 4) is 27.9 Å². The Kier molecular flexibility index (Phi) is 5.35. The summed E-state index contributed by atoms with van der Waals surface area (Å²) in [5.74, 6) is 0. The second-order valence-electron chi connectivity index (χ2n) is 10.4. The van der Waals surface area contributed by atoms with E-state index in [1.807, 2.05) is 18.2 Å². The lowest BCUT2D eigenvalue weighted by Crippen LogP contribution is -2.30. The summed E-state index contributed by atoms with van der Waals surface area (Å²) in [5, 5.41) is 24.0. The standard InChI is InChI=1S/C36H24BNO3/c39-37(40)31-13-7-15-35-36(31)30-22-27(17-19-34(30)41-35)38-32-14-5-4-12-28(32)29-21-26(16-18-33(29)38)25-11-6-10-24(20-25)23-8-2-1-3-9-23/h1-22,39-40H. The van der Waals surface area contributed by atoms with Crippen LogP contribution < -0.4 is 5.46 Å². The lowest BCUT2D eigenvalue weighted by Gasteiger charge is -2.10. The molecule has 0 aliphatic carbocycles. The van der Waals surface area contributed by atoms with Crippen molar-refractivity contribution >= 4 is 56.3 Å². The van der Waals surface area contributed by atoms with Gasteiger partial charge in [0.15, 0.2) is 0 Å². The summed E-state index contributed by atoms with van der Waals surface area (Å²) in [6, 6.07) is 45.7. The summed E-state index contributed by atoms with van der Waals surface area (Å²) in [7, 11) is -1.59. The lowest BCUT2D eigenvalue weighted by molar-refractivity contribution is 0.426. The summed E-state index contributed by atoms with van der Waals surface area (Å²) in [6.45, 7) is 0. The fourth-order valence-electron chi connectivity index (χ4n) is 6.14. The summed E-state index contributed by atoms with van der Waals surface area (Å²) in [4.78, 5) is 0. The SMILES string of the molecule is OB(O)c1cccc2oc3ccc(-n4c5ccccc5c5cc(-c6cccc(-c7ccccc7)c6)ccc54)cc3c12. The Morgan fingerprint density at radius 1 is 0.488 bits per heavy atom. The minimum Gasteiger partial charge on any atom is -0.456 e. The predicted molar refractivity (Wildman–Crippen MR) is 169 cm³/mol. The molecule has 0 spiro atoms. The fraction of sp³-hybridized carbons (Fsp3) is 0. The molecule has 41 heavy (non-hydrogen) atoms. The van der Waals surface area contributed by atoms with Gasteiger partial charge in [-0.05, 0) is 76.2 Å². The normalized spacial score (nSPS) is 11.7. The predicted octanol–water partition coefficient (Wildman–Crippen LogP) is 7.70. The van der Waals surface area contributed by atoms with Crippen LogP contribution in [0.2, 0.25) is 0 Å². The van der Waals surface area contributed by atoms with Crippen molar-refractivity contribution in [1.82, 2.24) is 4.57 Å². The van der Waals surface area contributed by atoms with E-state index in [4.69, 9.17) is 4.42 Å². The van der Waals surface area contributed by atoms with Crippen LogP contribution in [0.25, 0.3) is 71.7 Å². The van der Waals surface area contributed by atoms with Crippen LogP contribution in [0.5, 0.6) is 0 Å². The van der Waals surface area contributed by atoms with Crippen LogP contribution >= 0.6 is 0 Å². The fourth-order valence-corrected chi connectivity index (χ4v) is 6.14. The maximum atomic E-state index is 10.0. The molecule has 194 valence electrons. The third-order valence-corrected chi connectivity index (χ3v) is 8.02. The number of nitrogens with zero attached hydrogens (tertiary/aromatic N) is 1. The average molecular weight is 529 g/mol. The highest BCUT2D eigenvalue weighted by atomic mass is 16.4. The molecule has 0 radical (unpaired) electrons. The minimum atomic E-state index is -1.59. The third kappa shape index (κ3) is 3.79. The van der Waals surface area contributed by atoms with E-state index in [2.05, 4.69) is 108 Å². The highest BCUT2D eigenvalue weighted by Crippen LogP contribution is 2.37. The van der Waals surface area contributed by atoms with Gasteiger partial charge in [0.05, 0.1) is 11.0 Å². The van der Waals surface area contributed by atoms with Gasteiger partial charge in [-0.2, -0.15) is 0 Å². The van der Waals surface area contributed by atoms with Crippen LogP contribution in [-0.4, -0.2) is 21.7 Å². The van der Waals surface area contributed by atoms with E-state index in [1.54, 1.807) is 12.1 Å². The molecular weight excluding hydrogens is 505 g/mol. The van der Waals surface area contributed by atoms with E-state index in [1.165, 1.54) is 27.5 Å². The third-order valence-electron chi connectivity index (χ3n) is 8.02. The Morgan fingerprint density at radius 2 is 1.20 bits per heavy atom. The second-order valence-corrected chi connectivity index (χ2v) is 10.4. The molecule has 0 amide bonds. The molecule has 0 aliphatic heterocycles. The Hall–Kier alpha value is -5.10. The summed E-state index contributed by atoms with van der Waals surface area (Å²) in [6.07, 6.45) is 0. The number of rotatable bonds is 4. The number of aromatic nitrogens is 1. The van der Waals surface area contributed by atoms with Crippen molar-refractivity contribution in [2.75, 3.05) is 0 Å². The molecule has 0 saturated carbocycles. The lowest BCUT2D eigenvalue weighted by atomic mass is 9.77. The number of furan rings is 1. The Morgan fingerprint density at radius 3 is 2.05 bits per heavy atom. The number of para-hydroxylation sites is 1. The van der Waals surface area contributed by atoms with E-state index >= 15 is 0 Å². The quantitative estimate of drug-likeness (QED) is 0.230. The Labute approximate surface area is 236 Å². The van der Waals surface area contributed by atoms with Crippen molar-refractivity contribution in [2.24, 2.45) is 0 Å². The molecular formula is C36H24BNO3. The molecule has 2 heterocycles. The van der Waals surface area contributed by atoms with Crippen molar-refractivity contribution in [3.05, 3.63) is 133 Å². The van der Waals surface area contributed by atoms with Crippen LogP contribution in [-0.2, 0) is 0 Å². The summed E-state index contributed by atoms with van der Waals surface area (Å²) < 4.78 is 8.33. The number of hydrogen-bond donors (Lipinski definition) is 2. The summed E-state index contributed by atoms with van der Waals surface area (Å²) in [5.41, 5.74) is 9.68. The van der Waals surface area contributed by atoms with Crippen LogP contribution in [0.15, 0.2) is 138 Å². The monoisotopic (exact) mass is 529 g/mol. The number of hydrogen-bond acceptors (Lipinski definition) is 3. The topological polar surface area (TPSA) is 58.5 Å². The van der Waals surface area contributed by atoms with Crippen LogP contribution in [0, 0.1) is 0 Å². The first-order chi connectivity index (χ1) is 20.2. The van der Waals surface area contributed by atoms with Gasteiger partial charge in [-0.25, -0.2) is 0 Å². The molecule has 0 aliphatic rings. The first-order valence-corrected chi connectivity index (χ1v) is 13.7. The molecule has 0 saturated heterocycles. The smallest absolute Gasteiger partial charge is 0.456 e. The van der Waals surface area contributed by atoms with Gasteiger partial charge in [0.2, 0.25) is 0 Å². The summed E-state index contributed by atoms with van der Waals surface area (Å²) >= 11 is 0. The van der Waals surface area contributed by atoms with Crippen molar-refractivity contribution in [2.45, 2.75) is 0 Å². The Balaban J connectivity index is 1.33. The van der Waals surface area contributed by atoms with Crippen LogP contribution in [0.1, 0.15) is 0 Å². The number of benzene rings is 6. The van der Waals surface area contributed by atoms with Gasteiger partial charge >= 0.3 is 7.12 Å². The molecule has 0 fully saturated rings. The van der Waals surface area contributed by atoms with Gasteiger partial charge in [-0.1, -0.05) is 84.9 Å². The van der Waals surface area contributed by atoms with Crippen molar-refractivity contribution in [1.29, 1.82) is 0 Å². The average Bonchev–Trinajstić information content (AvgIpc) is 3.56. The molecule has 0 atom stereocenters. The molecule has 0 bridgehead atoms. The molecule has 2 aromatic heterocycles. The largest absolute Gasteiger partial charge is 0.489 e. The molecule has 5 heteroatoms. The van der Waals surface area contributed by atoms with Crippen LogP contribution in [0.3, 0.4) is 0 Å². The molecule has 8 aromatic rings. The van der Waals surface area contributed by atoms with Gasteiger partial charge in [-0.15, -0.1) is 0 Å². The Bertz CT molecular complexity index is 2250. The maximum absolute atomic E-state index is 10.0. The first kappa shape index (κ1) is 23.8. The number of fused-ring (bicyclic) bond motifs is 6. The van der Waals surface area contributed by atoms with Gasteiger partial charge in [0, 0.05) is 27.2 Å². The van der Waals surface area contributed by atoms with Crippen molar-refractivity contribution in [3.63, 3.8) is 0 Å². The van der Waals surface area contributed by atoms with Gasteiger partial charge in [0.25, 0.3) is 0 Å². The molecule has 6 aromatic carbocycles. The minimum absolute atomic E-state index is 0.433. The molecule has 4 nitrogen and oxygen atoms in total. The van der Waals surface area contributed by atoms with Gasteiger partial charge in [0.1, 0.15) is 11.2 Å². The highest BCUT2D eigenvalue weighted by molar-refractivity contribution is 6.62. The highest BCUT2D eigenvalue weighted by Gasteiger charge is 2.20. The van der Waals surface area contributed by atoms with Gasteiger partial charge < -0.3 is 19.0 Å². The van der Waals surface area contributed by atoms with E-state index in [0.29, 0.717) is 16.6 Å². The van der Waals surface area contributed by atoms with Gasteiger partial charge in [-0.3, -0.25) is 0 Å².